The van der Waals surface area contributed by atoms with Gasteiger partial charge in [0, 0.05) is 31.7 Å². The van der Waals surface area contributed by atoms with Gasteiger partial charge >= 0.3 is 0 Å². The molecule has 4 rings (SSSR count). The van der Waals surface area contributed by atoms with E-state index in [-0.39, 0.29) is 12.5 Å². The first-order valence-corrected chi connectivity index (χ1v) is 11.3. The maximum absolute atomic E-state index is 13.4. The summed E-state index contributed by atoms with van der Waals surface area (Å²) in [4.78, 5) is 15.2. The van der Waals surface area contributed by atoms with E-state index in [2.05, 4.69) is 0 Å². The fraction of sp³-hybridized carbons (Fsp3) is 0.423. The number of ether oxygens (including phenoxy) is 5. The van der Waals surface area contributed by atoms with Crippen molar-refractivity contribution in [3.63, 3.8) is 0 Å². The molecule has 2 aliphatic rings. The highest BCUT2D eigenvalue weighted by atomic mass is 16.7. The van der Waals surface area contributed by atoms with E-state index in [4.69, 9.17) is 23.7 Å². The molecule has 8 nitrogen and oxygen atoms in total. The lowest BCUT2D eigenvalue weighted by Crippen LogP contribution is -2.34. The zero-order chi connectivity index (χ0) is 24.1. The van der Waals surface area contributed by atoms with Gasteiger partial charge in [0.05, 0.1) is 26.7 Å². The lowest BCUT2D eigenvalue weighted by atomic mass is 9.82. The van der Waals surface area contributed by atoms with Gasteiger partial charge < -0.3 is 33.7 Å². The Balaban J connectivity index is 1.50. The fourth-order valence-corrected chi connectivity index (χ4v) is 4.66. The summed E-state index contributed by atoms with van der Waals surface area (Å²) in [5.41, 5.74) is 1.05. The van der Waals surface area contributed by atoms with Crippen molar-refractivity contribution in [2.24, 2.45) is 5.41 Å². The zero-order valence-electron chi connectivity index (χ0n) is 19.8. The first kappa shape index (κ1) is 23.8. The van der Waals surface area contributed by atoms with Crippen molar-refractivity contribution >= 4 is 5.91 Å². The number of carbonyl (C=O) groups excluding carboxylic acids is 1. The highest BCUT2D eigenvalue weighted by Crippen LogP contribution is 2.45. The van der Waals surface area contributed by atoms with Crippen LogP contribution < -0.4 is 14.2 Å². The summed E-state index contributed by atoms with van der Waals surface area (Å²) in [6, 6.07) is 13.3. The summed E-state index contributed by atoms with van der Waals surface area (Å²) in [5, 5.41) is 9.82. The molecule has 34 heavy (non-hydrogen) atoms. The fourth-order valence-electron chi connectivity index (χ4n) is 4.66. The zero-order valence-corrected chi connectivity index (χ0v) is 19.8. The number of methoxy groups -OCH3 is 3. The molecule has 1 N–H and O–H groups in total. The van der Waals surface area contributed by atoms with Crippen LogP contribution in [0.1, 0.15) is 28.8 Å². The molecule has 0 radical (unpaired) electrons. The van der Waals surface area contributed by atoms with Crippen molar-refractivity contribution in [1.29, 1.82) is 0 Å². The molecule has 2 aromatic rings. The third-order valence-electron chi connectivity index (χ3n) is 6.50. The SMILES string of the molecule is COc1cc(C(=O)N2CCC(CCO)(C3=COC(Cc4ccccc4)O3)C2)cc(OC)c1OC. The molecular formula is C26H31NO7. The summed E-state index contributed by atoms with van der Waals surface area (Å²) in [7, 11) is 4.56. The minimum absolute atomic E-state index is 0.0176. The average Bonchev–Trinajstić information content (AvgIpc) is 3.52. The maximum Gasteiger partial charge on any atom is 0.254 e. The number of aliphatic hydroxyl groups is 1. The summed E-state index contributed by atoms with van der Waals surface area (Å²) >= 11 is 0. The van der Waals surface area contributed by atoms with Crippen molar-refractivity contribution in [3.8, 4) is 17.2 Å². The van der Waals surface area contributed by atoms with Crippen LogP contribution >= 0.6 is 0 Å². The third kappa shape index (κ3) is 4.63. The van der Waals surface area contributed by atoms with Crippen molar-refractivity contribution in [1.82, 2.24) is 4.90 Å². The summed E-state index contributed by atoms with van der Waals surface area (Å²) in [5.74, 6) is 1.81. The van der Waals surface area contributed by atoms with Gasteiger partial charge in [0.2, 0.25) is 12.0 Å². The van der Waals surface area contributed by atoms with Gasteiger partial charge in [0.1, 0.15) is 12.0 Å². The van der Waals surface area contributed by atoms with E-state index >= 15 is 0 Å². The standard InChI is InChI=1S/C26H31NO7/c1-30-20-14-19(15-21(31-2)24(20)32-3)25(29)27-11-9-26(17-27,10-12-28)22-16-33-23(34-22)13-18-7-5-4-6-8-18/h4-8,14-16,23,28H,9-13,17H2,1-3H3. The van der Waals surface area contributed by atoms with E-state index in [1.165, 1.54) is 21.3 Å². The Labute approximate surface area is 199 Å². The molecule has 0 bridgehead atoms. The van der Waals surface area contributed by atoms with E-state index < -0.39 is 11.7 Å². The van der Waals surface area contributed by atoms with Crippen LogP contribution in [0.2, 0.25) is 0 Å². The van der Waals surface area contributed by atoms with Crippen LogP contribution in [0.4, 0.5) is 0 Å². The second-order valence-corrected chi connectivity index (χ2v) is 8.50. The Morgan fingerprint density at radius 1 is 1.12 bits per heavy atom. The molecule has 0 saturated carbocycles. The van der Waals surface area contributed by atoms with Crippen LogP contribution in [0.5, 0.6) is 17.2 Å². The number of likely N-dealkylation sites (tertiary alicyclic amines) is 1. The maximum atomic E-state index is 13.4. The van der Waals surface area contributed by atoms with Crippen LogP contribution in [0.15, 0.2) is 54.5 Å². The molecule has 1 fully saturated rings. The van der Waals surface area contributed by atoms with Crippen LogP contribution in [0, 0.1) is 5.41 Å². The van der Waals surface area contributed by atoms with Gasteiger partial charge in [0.25, 0.3) is 5.91 Å². The Kier molecular flexibility index (Phi) is 7.17. The highest BCUT2D eigenvalue weighted by molar-refractivity contribution is 5.96. The number of hydrogen-bond acceptors (Lipinski definition) is 7. The summed E-state index contributed by atoms with van der Waals surface area (Å²) in [6.45, 7) is 0.923. The molecule has 0 spiro atoms. The quantitative estimate of drug-likeness (QED) is 0.602. The van der Waals surface area contributed by atoms with Crippen LogP contribution in [-0.4, -0.2) is 63.2 Å². The number of hydrogen-bond donors (Lipinski definition) is 1. The molecule has 2 unspecified atom stereocenters. The monoisotopic (exact) mass is 469 g/mol. The molecule has 0 aliphatic carbocycles. The molecule has 2 aromatic carbocycles. The number of carbonyl (C=O) groups is 1. The Hall–Kier alpha value is -3.39. The van der Waals surface area contributed by atoms with E-state index in [1.807, 2.05) is 30.3 Å². The van der Waals surface area contributed by atoms with Gasteiger partial charge in [-0.1, -0.05) is 30.3 Å². The normalized spacial score (nSPS) is 21.5. The van der Waals surface area contributed by atoms with Crippen LogP contribution in [0.25, 0.3) is 0 Å². The number of aliphatic hydroxyl groups excluding tert-OH is 1. The van der Waals surface area contributed by atoms with Crippen molar-refractivity contribution in [2.75, 3.05) is 41.0 Å². The predicted molar refractivity (Wildman–Crippen MR) is 125 cm³/mol. The molecule has 2 atom stereocenters. The minimum atomic E-state index is -0.503. The van der Waals surface area contributed by atoms with Crippen LogP contribution in [-0.2, 0) is 15.9 Å². The first-order valence-electron chi connectivity index (χ1n) is 11.3. The Morgan fingerprint density at radius 3 is 2.44 bits per heavy atom. The topological polar surface area (TPSA) is 86.7 Å². The van der Waals surface area contributed by atoms with Gasteiger partial charge in [-0.2, -0.15) is 0 Å². The number of nitrogens with zero attached hydrogens (tertiary/aromatic N) is 1. The lowest BCUT2D eigenvalue weighted by molar-refractivity contribution is -0.0456. The summed E-state index contributed by atoms with van der Waals surface area (Å²) in [6.07, 6.45) is 2.98. The molecule has 0 aromatic heterocycles. The van der Waals surface area contributed by atoms with Crippen LogP contribution in [0.3, 0.4) is 0 Å². The number of benzene rings is 2. The minimum Gasteiger partial charge on any atom is -0.493 e. The van der Waals surface area contributed by atoms with E-state index in [9.17, 15) is 9.90 Å². The number of amides is 1. The van der Waals surface area contributed by atoms with Gasteiger partial charge in [-0.25, -0.2) is 0 Å². The van der Waals surface area contributed by atoms with Crippen molar-refractivity contribution < 1.29 is 33.6 Å². The first-order chi connectivity index (χ1) is 16.5. The largest absolute Gasteiger partial charge is 0.493 e. The molecular weight excluding hydrogens is 438 g/mol. The van der Waals surface area contributed by atoms with E-state index in [1.54, 1.807) is 23.3 Å². The molecule has 182 valence electrons. The van der Waals surface area contributed by atoms with E-state index in [0.717, 1.165) is 5.56 Å². The molecule has 8 heteroatoms. The second kappa shape index (κ2) is 10.3. The molecule has 2 aliphatic heterocycles. The molecule has 1 amide bonds. The summed E-state index contributed by atoms with van der Waals surface area (Å²) < 4.78 is 28.1. The average molecular weight is 470 g/mol. The third-order valence-corrected chi connectivity index (χ3v) is 6.50. The van der Waals surface area contributed by atoms with Crippen molar-refractivity contribution in [2.45, 2.75) is 25.6 Å². The molecule has 1 saturated heterocycles. The van der Waals surface area contributed by atoms with Gasteiger partial charge in [-0.15, -0.1) is 0 Å². The molecule has 2 heterocycles. The smallest absolute Gasteiger partial charge is 0.254 e. The lowest BCUT2D eigenvalue weighted by Gasteiger charge is -2.29. The Bertz CT molecular complexity index is 1010. The highest BCUT2D eigenvalue weighted by Gasteiger charge is 2.46. The van der Waals surface area contributed by atoms with Gasteiger partial charge in [-0.3, -0.25) is 4.79 Å². The second-order valence-electron chi connectivity index (χ2n) is 8.50. The van der Waals surface area contributed by atoms with E-state index in [0.29, 0.717) is 60.9 Å². The van der Waals surface area contributed by atoms with Gasteiger partial charge in [-0.05, 0) is 30.5 Å². The van der Waals surface area contributed by atoms with Crippen molar-refractivity contribution in [3.05, 3.63) is 65.6 Å². The Morgan fingerprint density at radius 2 is 1.82 bits per heavy atom. The number of rotatable bonds is 9. The predicted octanol–water partition coefficient (Wildman–Crippen LogP) is 3.38. The van der Waals surface area contributed by atoms with Gasteiger partial charge in [0.15, 0.2) is 11.5 Å².